The molecule has 2 aromatic carbocycles. The molecule has 2 saturated heterocycles. The van der Waals surface area contributed by atoms with Gasteiger partial charge in [-0.25, -0.2) is 17.6 Å². The third-order valence-corrected chi connectivity index (χ3v) is 12.6. The van der Waals surface area contributed by atoms with Crippen molar-refractivity contribution in [3.05, 3.63) is 124 Å². The molecule has 0 saturated carbocycles. The molecule has 6 heterocycles. The molecule has 66 heavy (non-hydrogen) atoms. The van der Waals surface area contributed by atoms with Crippen molar-refractivity contribution in [3.8, 4) is 11.5 Å². The standard InChI is InChI=1S/C42H40Cl2F4N8O10/c1-65-21-4-8-51-18-53(10-6-21)55-16-26(36(58)37(59)33(55)41(51)63)40(62)50-14-24-30(46)20(12-28(44)32(24)48)17-66-22-5-9-52-19-54(11-7-22)56-15-25(35(57)38(60)34(56)42(52)64)39(61)49-13-23-29(45)3-2-27(43)31(23)47/h2-3,12,15-16,21-22,59-60H,4-11,13-14,17-19H2,1H3,(H,49,61)(H,50,62). The molecule has 350 valence electrons. The van der Waals surface area contributed by atoms with Crippen LogP contribution in [0.25, 0.3) is 0 Å². The van der Waals surface area contributed by atoms with E-state index in [9.17, 15) is 47.8 Å². The second-order valence-corrected chi connectivity index (χ2v) is 16.8. The van der Waals surface area contributed by atoms with Crippen LogP contribution in [0.2, 0.25) is 10.0 Å². The summed E-state index contributed by atoms with van der Waals surface area (Å²) in [5.41, 5.74) is -5.80. The van der Waals surface area contributed by atoms with E-state index in [1.807, 2.05) is 0 Å². The van der Waals surface area contributed by atoms with E-state index in [-0.39, 0.29) is 56.6 Å². The fourth-order valence-corrected chi connectivity index (χ4v) is 8.75. The molecular weight excluding hydrogens is 923 g/mol. The Labute approximate surface area is 381 Å². The Kier molecular flexibility index (Phi) is 12.9. The predicted molar refractivity (Wildman–Crippen MR) is 226 cm³/mol. The van der Waals surface area contributed by atoms with Gasteiger partial charge in [-0.2, -0.15) is 0 Å². The number of hydrogen-bond donors (Lipinski definition) is 4. The lowest BCUT2D eigenvalue weighted by Gasteiger charge is -2.42. The summed E-state index contributed by atoms with van der Waals surface area (Å²) >= 11 is 11.9. The van der Waals surface area contributed by atoms with Crippen LogP contribution in [0.3, 0.4) is 0 Å². The number of amides is 4. The molecule has 24 heteroatoms. The van der Waals surface area contributed by atoms with Gasteiger partial charge in [-0.3, -0.25) is 48.1 Å². The van der Waals surface area contributed by atoms with Crippen LogP contribution < -0.4 is 31.5 Å². The fraction of sp³-hybridized carbons (Fsp3) is 0.381. The third kappa shape index (κ3) is 8.48. The fourth-order valence-electron chi connectivity index (χ4n) is 8.32. The van der Waals surface area contributed by atoms with Crippen molar-refractivity contribution >= 4 is 46.8 Å². The van der Waals surface area contributed by atoms with Gasteiger partial charge in [-0.1, -0.05) is 23.2 Å². The second-order valence-electron chi connectivity index (χ2n) is 16.0. The number of hydrogen-bond acceptors (Lipinski definition) is 12. The minimum absolute atomic E-state index is 0.0344. The Morgan fingerprint density at radius 1 is 0.697 bits per heavy atom. The van der Waals surface area contributed by atoms with E-state index in [1.54, 1.807) is 12.1 Å². The summed E-state index contributed by atoms with van der Waals surface area (Å²) in [5.74, 6) is -10.0. The summed E-state index contributed by atoms with van der Waals surface area (Å²) in [6.07, 6.45) is 2.75. The highest BCUT2D eigenvalue weighted by molar-refractivity contribution is 6.31. The Hall–Kier alpha value is -6.36. The monoisotopic (exact) mass is 962 g/mol. The Bertz CT molecular complexity index is 2810. The largest absolute Gasteiger partial charge is 0.502 e. The van der Waals surface area contributed by atoms with E-state index in [0.29, 0.717) is 25.9 Å². The molecule has 0 radical (unpaired) electrons. The number of methoxy groups -OCH3 is 1. The highest BCUT2D eigenvalue weighted by atomic mass is 35.5. The van der Waals surface area contributed by atoms with Gasteiger partial charge in [0, 0.05) is 75.5 Å². The maximum Gasteiger partial charge on any atom is 0.277 e. The van der Waals surface area contributed by atoms with Crippen molar-refractivity contribution in [2.45, 2.75) is 57.6 Å². The van der Waals surface area contributed by atoms with E-state index in [4.69, 9.17) is 32.7 Å². The topological polar surface area (TPSA) is 208 Å². The zero-order chi connectivity index (χ0) is 47.3. The predicted octanol–water partition coefficient (Wildman–Crippen LogP) is 3.04. The van der Waals surface area contributed by atoms with Crippen molar-refractivity contribution in [1.29, 1.82) is 0 Å². The highest BCUT2D eigenvalue weighted by Gasteiger charge is 2.38. The molecule has 2 aromatic heterocycles. The van der Waals surface area contributed by atoms with Crippen LogP contribution in [-0.2, 0) is 29.2 Å². The number of nitrogens with one attached hydrogen (secondary N) is 2. The average Bonchev–Trinajstić information content (AvgIpc) is 3.27. The first-order valence-electron chi connectivity index (χ1n) is 20.5. The molecule has 4 amide bonds. The van der Waals surface area contributed by atoms with Crippen molar-refractivity contribution in [2.75, 3.05) is 56.6 Å². The Morgan fingerprint density at radius 2 is 1.18 bits per heavy atom. The number of benzene rings is 2. The second kappa shape index (κ2) is 18.5. The summed E-state index contributed by atoms with van der Waals surface area (Å²) in [6, 6.07) is 2.90. The van der Waals surface area contributed by atoms with Gasteiger partial charge in [0.15, 0.2) is 22.9 Å². The van der Waals surface area contributed by atoms with Gasteiger partial charge in [0.25, 0.3) is 23.6 Å². The Balaban J connectivity index is 0.953. The van der Waals surface area contributed by atoms with Gasteiger partial charge < -0.3 is 40.1 Å². The smallest absolute Gasteiger partial charge is 0.277 e. The molecule has 0 spiro atoms. The molecular formula is C42H40Cl2F4N8O10. The number of pyridine rings is 2. The lowest BCUT2D eigenvalue weighted by molar-refractivity contribution is 0.0129. The lowest BCUT2D eigenvalue weighted by Crippen LogP contribution is -2.57. The summed E-state index contributed by atoms with van der Waals surface area (Å²) in [5, 5.41) is 28.6. The normalized spacial score (nSPS) is 18.2. The van der Waals surface area contributed by atoms with E-state index < -0.39 is 133 Å². The van der Waals surface area contributed by atoms with Crippen LogP contribution in [0.15, 0.2) is 40.2 Å². The van der Waals surface area contributed by atoms with Crippen molar-refractivity contribution in [1.82, 2.24) is 29.8 Å². The van der Waals surface area contributed by atoms with Crippen LogP contribution in [0.4, 0.5) is 17.6 Å². The number of carbonyl (C=O) groups excluding carboxylic acids is 4. The van der Waals surface area contributed by atoms with Crippen molar-refractivity contribution in [2.24, 2.45) is 0 Å². The van der Waals surface area contributed by atoms with Gasteiger partial charge in [0.05, 0.1) is 28.9 Å². The van der Waals surface area contributed by atoms with E-state index in [1.165, 1.54) is 19.5 Å². The van der Waals surface area contributed by atoms with Crippen molar-refractivity contribution in [3.63, 3.8) is 0 Å². The first kappa shape index (κ1) is 46.2. The Morgan fingerprint density at radius 3 is 1.73 bits per heavy atom. The molecule has 8 rings (SSSR count). The summed E-state index contributed by atoms with van der Waals surface area (Å²) < 4.78 is 74.1. The first-order chi connectivity index (χ1) is 31.5. The number of carbonyl (C=O) groups is 4. The number of aromatic hydroxyl groups is 2. The maximum atomic E-state index is 16.1. The molecule has 4 bridgehead atoms. The molecule has 4 aliphatic heterocycles. The average molecular weight is 964 g/mol. The van der Waals surface area contributed by atoms with Crippen molar-refractivity contribution < 1.29 is 56.4 Å². The number of halogens is 6. The lowest BCUT2D eigenvalue weighted by atomic mass is 10.1. The zero-order valence-electron chi connectivity index (χ0n) is 34.8. The van der Waals surface area contributed by atoms with Crippen LogP contribution in [0.1, 0.15) is 84.1 Å². The van der Waals surface area contributed by atoms with Gasteiger partial charge >= 0.3 is 0 Å². The van der Waals surface area contributed by atoms with Crippen LogP contribution in [-0.4, -0.2) is 112 Å². The molecule has 4 N–H and O–H groups in total. The maximum absolute atomic E-state index is 16.1. The SMILES string of the molecule is COC1CCN2CN(CC1)n1cc(C(=O)NCc3c(F)c(Cl)cc(COC4CCN5CN(CC4)n4cc(C(=O)NCc6c(F)ccc(Cl)c6F)c(=O)c(O)c4C5=O)c3F)c(=O)c(O)c1C2=O. The molecule has 4 aliphatic rings. The van der Waals surface area contributed by atoms with Gasteiger partial charge in [0.2, 0.25) is 10.9 Å². The molecule has 2 unspecified atom stereocenters. The van der Waals surface area contributed by atoms with E-state index in [0.717, 1.165) is 35.3 Å². The number of rotatable bonds is 10. The number of nitrogens with zero attached hydrogens (tertiary/aromatic N) is 6. The molecule has 18 nitrogen and oxygen atoms in total. The molecule has 2 atom stereocenters. The number of aromatic nitrogens is 2. The molecule has 0 aliphatic carbocycles. The third-order valence-electron chi connectivity index (χ3n) is 12.1. The first-order valence-corrected chi connectivity index (χ1v) is 21.3. The van der Waals surface area contributed by atoms with Gasteiger partial charge in [-0.15, -0.1) is 0 Å². The number of ether oxygens (including phenoxy) is 2. The van der Waals surface area contributed by atoms with E-state index in [2.05, 4.69) is 10.6 Å². The summed E-state index contributed by atoms with van der Waals surface area (Å²) in [6.45, 7) is -1.14. The zero-order valence-corrected chi connectivity index (χ0v) is 36.4. The van der Waals surface area contributed by atoms with Crippen LogP contribution >= 0.6 is 23.2 Å². The van der Waals surface area contributed by atoms with Crippen LogP contribution in [0.5, 0.6) is 11.5 Å². The van der Waals surface area contributed by atoms with Gasteiger partial charge in [0.1, 0.15) is 47.7 Å². The van der Waals surface area contributed by atoms with Crippen LogP contribution in [0, 0.1) is 23.3 Å². The van der Waals surface area contributed by atoms with Gasteiger partial charge in [-0.05, 0) is 43.9 Å². The summed E-state index contributed by atoms with van der Waals surface area (Å²) in [4.78, 5) is 82.6. The minimum atomic E-state index is -1.20. The molecule has 4 aromatic rings. The highest BCUT2D eigenvalue weighted by Crippen LogP contribution is 2.30. The molecule has 2 fully saturated rings. The van der Waals surface area contributed by atoms with E-state index >= 15 is 8.78 Å². The minimum Gasteiger partial charge on any atom is -0.502 e. The summed E-state index contributed by atoms with van der Waals surface area (Å²) in [7, 11) is 1.55. The quantitative estimate of drug-likeness (QED) is 0.134. The number of fused-ring (bicyclic) bond motifs is 8.